The molecule has 21 heavy (non-hydrogen) atoms. The van der Waals surface area contributed by atoms with Gasteiger partial charge in [-0.2, -0.15) is 0 Å². The van der Waals surface area contributed by atoms with E-state index >= 15 is 0 Å². The van der Waals surface area contributed by atoms with Crippen LogP contribution in [0.4, 0.5) is 0 Å². The lowest BCUT2D eigenvalue weighted by molar-refractivity contribution is 0.0957. The first kappa shape index (κ1) is 17.3. The summed E-state index contributed by atoms with van der Waals surface area (Å²) in [5.74, 6) is 2.76. The van der Waals surface area contributed by atoms with E-state index in [1.165, 1.54) is 57.9 Å². The van der Waals surface area contributed by atoms with Crippen molar-refractivity contribution >= 4 is 0 Å². The van der Waals surface area contributed by atoms with E-state index in [0.29, 0.717) is 6.10 Å². The number of ether oxygens (including phenoxy) is 1. The molecule has 0 radical (unpaired) electrons. The van der Waals surface area contributed by atoms with E-state index in [4.69, 9.17) is 4.74 Å². The third-order valence-electron chi connectivity index (χ3n) is 5.42. The van der Waals surface area contributed by atoms with Gasteiger partial charge in [-0.3, -0.25) is 0 Å². The molecular formula is C19H37NO. The van der Waals surface area contributed by atoms with Gasteiger partial charge in [-0.25, -0.2) is 0 Å². The van der Waals surface area contributed by atoms with Gasteiger partial charge in [0.2, 0.25) is 0 Å². The number of nitrogens with one attached hydrogen (secondary N) is 1. The molecule has 2 aliphatic rings. The van der Waals surface area contributed by atoms with Crippen molar-refractivity contribution in [2.24, 2.45) is 17.8 Å². The van der Waals surface area contributed by atoms with Crippen LogP contribution in [0.1, 0.15) is 79.1 Å². The molecule has 0 amide bonds. The number of rotatable bonds is 6. The molecule has 4 atom stereocenters. The summed E-state index contributed by atoms with van der Waals surface area (Å²) >= 11 is 0. The molecular weight excluding hydrogens is 258 g/mol. The Balaban J connectivity index is 1.74. The minimum absolute atomic E-state index is 0.255. The van der Waals surface area contributed by atoms with Crippen LogP contribution in [0, 0.1) is 17.8 Å². The Hall–Kier alpha value is -0.0800. The normalized spacial score (nSPS) is 34.3. The van der Waals surface area contributed by atoms with E-state index in [9.17, 15) is 0 Å². The first-order valence-corrected chi connectivity index (χ1v) is 9.30. The summed E-state index contributed by atoms with van der Waals surface area (Å²) in [6.07, 6.45) is 11.5. The fourth-order valence-corrected chi connectivity index (χ4v) is 4.10. The molecule has 0 bridgehead atoms. The average Bonchev–Trinajstić information content (AvgIpc) is 2.90. The maximum absolute atomic E-state index is 5.77. The Kier molecular flexibility index (Phi) is 6.55. The zero-order valence-corrected chi connectivity index (χ0v) is 14.8. The van der Waals surface area contributed by atoms with Gasteiger partial charge in [-0.15, -0.1) is 0 Å². The lowest BCUT2D eigenvalue weighted by atomic mass is 9.72. The van der Waals surface area contributed by atoms with Gasteiger partial charge < -0.3 is 10.1 Å². The predicted molar refractivity (Wildman–Crippen MR) is 90.6 cm³/mol. The molecule has 0 aromatic rings. The van der Waals surface area contributed by atoms with E-state index in [2.05, 4.69) is 33.0 Å². The van der Waals surface area contributed by atoms with Gasteiger partial charge in [-0.05, 0) is 77.2 Å². The number of hydrogen-bond donors (Lipinski definition) is 1. The van der Waals surface area contributed by atoms with Crippen LogP contribution in [0.15, 0.2) is 0 Å². The van der Waals surface area contributed by atoms with Gasteiger partial charge >= 0.3 is 0 Å². The summed E-state index contributed by atoms with van der Waals surface area (Å²) in [7, 11) is 0. The summed E-state index contributed by atoms with van der Waals surface area (Å²) in [5, 5.41) is 3.74. The summed E-state index contributed by atoms with van der Waals surface area (Å²) in [5.41, 5.74) is 0.255. The van der Waals surface area contributed by atoms with Gasteiger partial charge in [0.1, 0.15) is 0 Å². The molecule has 124 valence electrons. The van der Waals surface area contributed by atoms with Crippen molar-refractivity contribution in [3.63, 3.8) is 0 Å². The van der Waals surface area contributed by atoms with E-state index in [1.807, 2.05) is 0 Å². The molecule has 1 N–H and O–H groups in total. The van der Waals surface area contributed by atoms with Crippen molar-refractivity contribution in [1.29, 1.82) is 0 Å². The molecule has 1 aliphatic carbocycles. The molecule has 2 rings (SSSR count). The van der Waals surface area contributed by atoms with Crippen LogP contribution in [-0.2, 0) is 4.74 Å². The highest BCUT2D eigenvalue weighted by Gasteiger charge is 2.29. The second kappa shape index (κ2) is 7.97. The van der Waals surface area contributed by atoms with E-state index in [1.54, 1.807) is 0 Å². The quantitative estimate of drug-likeness (QED) is 0.761. The number of hydrogen-bond acceptors (Lipinski definition) is 2. The van der Waals surface area contributed by atoms with Crippen LogP contribution in [0.5, 0.6) is 0 Å². The molecule has 1 aliphatic heterocycles. The van der Waals surface area contributed by atoms with Crippen molar-refractivity contribution in [2.75, 3.05) is 13.2 Å². The second-order valence-corrected chi connectivity index (χ2v) is 8.64. The van der Waals surface area contributed by atoms with Crippen molar-refractivity contribution < 1.29 is 4.74 Å². The van der Waals surface area contributed by atoms with E-state index in [-0.39, 0.29) is 5.54 Å². The first-order valence-electron chi connectivity index (χ1n) is 9.30. The Morgan fingerprint density at radius 2 is 1.86 bits per heavy atom. The second-order valence-electron chi connectivity index (χ2n) is 8.64. The lowest BCUT2D eigenvalue weighted by Crippen LogP contribution is -2.42. The van der Waals surface area contributed by atoms with E-state index < -0.39 is 0 Å². The third-order valence-corrected chi connectivity index (χ3v) is 5.42. The topological polar surface area (TPSA) is 21.3 Å². The predicted octanol–water partition coefficient (Wildman–Crippen LogP) is 4.78. The molecule has 0 aromatic carbocycles. The highest BCUT2D eigenvalue weighted by Crippen LogP contribution is 2.37. The minimum atomic E-state index is 0.255. The van der Waals surface area contributed by atoms with Crippen LogP contribution in [-0.4, -0.2) is 24.8 Å². The van der Waals surface area contributed by atoms with Gasteiger partial charge in [0, 0.05) is 12.1 Å². The summed E-state index contributed by atoms with van der Waals surface area (Å²) in [4.78, 5) is 0. The van der Waals surface area contributed by atoms with Gasteiger partial charge in [0.05, 0.1) is 6.10 Å². The smallest absolute Gasteiger partial charge is 0.0576 e. The van der Waals surface area contributed by atoms with Crippen molar-refractivity contribution in [2.45, 2.75) is 90.7 Å². The summed E-state index contributed by atoms with van der Waals surface area (Å²) in [6.45, 7) is 11.5. The Labute approximate surface area is 132 Å². The molecule has 2 fully saturated rings. The highest BCUT2D eigenvalue weighted by atomic mass is 16.5. The first-order chi connectivity index (χ1) is 9.94. The molecule has 1 saturated carbocycles. The maximum Gasteiger partial charge on any atom is 0.0576 e. The van der Waals surface area contributed by atoms with Gasteiger partial charge in [0.15, 0.2) is 0 Å². The molecule has 0 spiro atoms. The fraction of sp³-hybridized carbons (Fsp3) is 1.00. The van der Waals surface area contributed by atoms with Gasteiger partial charge in [0.25, 0.3) is 0 Å². The van der Waals surface area contributed by atoms with Crippen molar-refractivity contribution in [3.8, 4) is 0 Å². The average molecular weight is 296 g/mol. The molecule has 2 nitrogen and oxygen atoms in total. The Morgan fingerprint density at radius 3 is 2.52 bits per heavy atom. The minimum Gasteiger partial charge on any atom is -0.378 e. The van der Waals surface area contributed by atoms with Crippen LogP contribution in [0.25, 0.3) is 0 Å². The van der Waals surface area contributed by atoms with Crippen molar-refractivity contribution in [1.82, 2.24) is 5.32 Å². The van der Waals surface area contributed by atoms with E-state index in [0.717, 1.165) is 24.4 Å². The highest BCUT2D eigenvalue weighted by molar-refractivity contribution is 4.83. The third kappa shape index (κ3) is 6.28. The SMILES string of the molecule is CC1CCC(CNC(C)(C)C)C(CCCC2CCCO2)C1. The Bertz CT molecular complexity index is 290. The van der Waals surface area contributed by atoms with Crippen LogP contribution >= 0.6 is 0 Å². The zero-order chi connectivity index (χ0) is 15.3. The molecule has 4 unspecified atom stereocenters. The van der Waals surface area contributed by atoms with Gasteiger partial charge in [-0.1, -0.05) is 26.2 Å². The van der Waals surface area contributed by atoms with Crippen LogP contribution in [0.3, 0.4) is 0 Å². The molecule has 1 heterocycles. The molecule has 1 saturated heterocycles. The largest absolute Gasteiger partial charge is 0.378 e. The summed E-state index contributed by atoms with van der Waals surface area (Å²) < 4.78 is 5.77. The monoisotopic (exact) mass is 295 g/mol. The molecule has 0 aromatic heterocycles. The standard InChI is InChI=1S/C19H37NO/c1-15-10-11-17(14-20-19(2,3)4)16(13-15)7-5-8-18-9-6-12-21-18/h15-18,20H,5-14H2,1-4H3. The van der Waals surface area contributed by atoms with Crippen LogP contribution < -0.4 is 5.32 Å². The van der Waals surface area contributed by atoms with Crippen molar-refractivity contribution in [3.05, 3.63) is 0 Å². The summed E-state index contributed by atoms with van der Waals surface area (Å²) in [6, 6.07) is 0. The Morgan fingerprint density at radius 1 is 1.05 bits per heavy atom. The maximum atomic E-state index is 5.77. The zero-order valence-electron chi connectivity index (χ0n) is 14.8. The molecule has 2 heteroatoms. The van der Waals surface area contributed by atoms with Crippen LogP contribution in [0.2, 0.25) is 0 Å². The fourth-order valence-electron chi connectivity index (χ4n) is 4.10. The lowest BCUT2D eigenvalue weighted by Gasteiger charge is -2.37.